The van der Waals surface area contributed by atoms with E-state index < -0.39 is 0 Å². The molecule has 1 aliphatic rings. The maximum absolute atomic E-state index is 12.7. The van der Waals surface area contributed by atoms with E-state index in [1.807, 2.05) is 29.7 Å². The molecule has 8 nitrogen and oxygen atoms in total. The van der Waals surface area contributed by atoms with Crippen molar-refractivity contribution in [2.24, 2.45) is 0 Å². The molecule has 1 amide bonds. The Bertz CT molecular complexity index is 925. The first-order valence-electron chi connectivity index (χ1n) is 8.56. The number of hydrogen-bond acceptors (Lipinski definition) is 6. The second kappa shape index (κ2) is 7.09. The minimum absolute atomic E-state index is 0.0509. The van der Waals surface area contributed by atoms with Gasteiger partial charge in [-0.15, -0.1) is 0 Å². The van der Waals surface area contributed by atoms with E-state index in [0.29, 0.717) is 24.6 Å². The maximum Gasteiger partial charge on any atom is 0.253 e. The highest BCUT2D eigenvalue weighted by molar-refractivity contribution is 5.94. The molecule has 0 radical (unpaired) electrons. The Morgan fingerprint density at radius 3 is 3.04 bits per heavy atom. The van der Waals surface area contributed by atoms with Crippen molar-refractivity contribution < 1.29 is 9.53 Å². The van der Waals surface area contributed by atoms with Crippen LogP contribution < -0.4 is 10.6 Å². The molecule has 8 heteroatoms. The molecule has 0 saturated carbocycles. The second-order valence-electron chi connectivity index (χ2n) is 6.29. The molecule has 3 aromatic heterocycles. The lowest BCUT2D eigenvalue weighted by molar-refractivity contribution is 0.0620. The van der Waals surface area contributed by atoms with Gasteiger partial charge in [-0.1, -0.05) is 0 Å². The third-order valence-corrected chi connectivity index (χ3v) is 4.43. The molecule has 26 heavy (non-hydrogen) atoms. The number of rotatable bonds is 4. The van der Waals surface area contributed by atoms with Gasteiger partial charge in [0.1, 0.15) is 17.3 Å². The molecule has 0 unspecified atom stereocenters. The largest absolute Gasteiger partial charge is 0.379 e. The molecule has 1 aliphatic heterocycles. The molecular weight excluding hydrogens is 332 g/mol. The van der Waals surface area contributed by atoms with Crippen molar-refractivity contribution >= 4 is 17.4 Å². The molecule has 134 valence electrons. The first-order valence-corrected chi connectivity index (χ1v) is 8.56. The van der Waals surface area contributed by atoms with Crippen LogP contribution in [0.2, 0.25) is 0 Å². The van der Waals surface area contributed by atoms with E-state index >= 15 is 0 Å². The Hall–Kier alpha value is -3.00. The summed E-state index contributed by atoms with van der Waals surface area (Å²) in [4.78, 5) is 25.4. The Morgan fingerprint density at radius 1 is 1.23 bits per heavy atom. The van der Waals surface area contributed by atoms with Crippen molar-refractivity contribution in [2.75, 3.05) is 18.5 Å². The highest BCUT2D eigenvalue weighted by Gasteiger charge is 2.28. The summed E-state index contributed by atoms with van der Waals surface area (Å²) in [5, 5.41) is 6.47. The predicted octanol–water partition coefficient (Wildman–Crippen LogP) is 1.43. The lowest BCUT2D eigenvalue weighted by Crippen LogP contribution is -2.52. The molecular formula is C18H20N6O2. The topological polar surface area (TPSA) is 93.4 Å². The van der Waals surface area contributed by atoms with Crippen LogP contribution in [0.1, 0.15) is 22.6 Å². The molecule has 0 aromatic carbocycles. The molecule has 4 heterocycles. The number of nitrogens with one attached hydrogen (secondary N) is 2. The van der Waals surface area contributed by atoms with E-state index in [0.717, 1.165) is 17.9 Å². The Balaban J connectivity index is 1.48. The van der Waals surface area contributed by atoms with Crippen LogP contribution >= 0.6 is 0 Å². The average Bonchev–Trinajstić information content (AvgIpc) is 3.11. The monoisotopic (exact) mass is 352 g/mol. The number of imidazole rings is 1. The minimum atomic E-state index is -0.113. The van der Waals surface area contributed by atoms with E-state index in [-0.39, 0.29) is 18.0 Å². The molecule has 4 rings (SSSR count). The third-order valence-electron chi connectivity index (χ3n) is 4.43. The molecule has 0 spiro atoms. The van der Waals surface area contributed by atoms with Crippen LogP contribution in [0.15, 0.2) is 43.0 Å². The standard InChI is InChI=1S/C18H20N6O2/c1-12-19-6-4-16(21-12)22-15-11-26-9-5-14(15)23-18(25)13-2-3-17-20-7-8-24(17)10-13/h2-4,6-8,10,14-15H,5,9,11H2,1H3,(H,23,25)(H,19,21,22)/t14-,15+/m0/s1. The van der Waals surface area contributed by atoms with Gasteiger partial charge in [0.15, 0.2) is 0 Å². The third kappa shape index (κ3) is 3.50. The zero-order valence-electron chi connectivity index (χ0n) is 14.4. The van der Waals surface area contributed by atoms with Gasteiger partial charge in [0, 0.05) is 31.4 Å². The minimum Gasteiger partial charge on any atom is -0.379 e. The van der Waals surface area contributed by atoms with E-state index in [9.17, 15) is 4.79 Å². The number of ether oxygens (including phenoxy) is 1. The van der Waals surface area contributed by atoms with Crippen LogP contribution in [0.3, 0.4) is 0 Å². The summed E-state index contributed by atoms with van der Waals surface area (Å²) in [5.41, 5.74) is 1.41. The zero-order chi connectivity index (χ0) is 17.9. The van der Waals surface area contributed by atoms with E-state index in [2.05, 4.69) is 25.6 Å². The summed E-state index contributed by atoms with van der Waals surface area (Å²) >= 11 is 0. The Morgan fingerprint density at radius 2 is 2.15 bits per heavy atom. The van der Waals surface area contributed by atoms with Crippen LogP contribution in [0.5, 0.6) is 0 Å². The lowest BCUT2D eigenvalue weighted by Gasteiger charge is -2.33. The van der Waals surface area contributed by atoms with Gasteiger partial charge < -0.3 is 19.8 Å². The van der Waals surface area contributed by atoms with Gasteiger partial charge in [0.05, 0.1) is 24.3 Å². The number of pyridine rings is 1. The number of carbonyl (C=O) groups is 1. The normalized spacial score (nSPS) is 20.0. The summed E-state index contributed by atoms with van der Waals surface area (Å²) in [6.07, 6.45) is 7.76. The van der Waals surface area contributed by atoms with Gasteiger partial charge >= 0.3 is 0 Å². The van der Waals surface area contributed by atoms with Crippen molar-refractivity contribution in [1.82, 2.24) is 24.7 Å². The Kier molecular flexibility index (Phi) is 4.49. The SMILES string of the molecule is Cc1nccc(N[C@@H]2COCC[C@@H]2NC(=O)c2ccc3nccn3c2)n1. The summed E-state index contributed by atoms with van der Waals surface area (Å²) in [7, 11) is 0. The van der Waals surface area contributed by atoms with Crippen LogP contribution in [0.4, 0.5) is 5.82 Å². The van der Waals surface area contributed by atoms with Gasteiger partial charge in [0.2, 0.25) is 0 Å². The number of amides is 1. The highest BCUT2D eigenvalue weighted by Crippen LogP contribution is 2.14. The highest BCUT2D eigenvalue weighted by atomic mass is 16.5. The fourth-order valence-electron chi connectivity index (χ4n) is 3.09. The van der Waals surface area contributed by atoms with Gasteiger partial charge in [-0.2, -0.15) is 0 Å². The molecule has 0 aliphatic carbocycles. The lowest BCUT2D eigenvalue weighted by atomic mass is 10.0. The average molecular weight is 352 g/mol. The van der Waals surface area contributed by atoms with E-state index in [1.54, 1.807) is 24.7 Å². The van der Waals surface area contributed by atoms with Gasteiger partial charge in [-0.3, -0.25) is 4.79 Å². The van der Waals surface area contributed by atoms with Crippen LogP contribution in [-0.4, -0.2) is 50.6 Å². The molecule has 2 atom stereocenters. The van der Waals surface area contributed by atoms with Crippen molar-refractivity contribution in [2.45, 2.75) is 25.4 Å². The van der Waals surface area contributed by atoms with Crippen LogP contribution in [-0.2, 0) is 4.74 Å². The smallest absolute Gasteiger partial charge is 0.253 e. The fourth-order valence-corrected chi connectivity index (χ4v) is 3.09. The number of carbonyl (C=O) groups excluding carboxylic acids is 1. The fraction of sp³-hybridized carbons (Fsp3) is 0.333. The van der Waals surface area contributed by atoms with Gasteiger partial charge in [-0.05, 0) is 31.5 Å². The van der Waals surface area contributed by atoms with Crippen molar-refractivity contribution in [1.29, 1.82) is 0 Å². The van der Waals surface area contributed by atoms with Crippen LogP contribution in [0, 0.1) is 6.92 Å². The molecule has 2 N–H and O–H groups in total. The van der Waals surface area contributed by atoms with E-state index in [4.69, 9.17) is 4.74 Å². The number of aromatic nitrogens is 4. The number of fused-ring (bicyclic) bond motifs is 1. The Labute approximate surface area is 150 Å². The molecule has 1 saturated heterocycles. The number of hydrogen-bond donors (Lipinski definition) is 2. The molecule has 3 aromatic rings. The number of anilines is 1. The maximum atomic E-state index is 12.7. The van der Waals surface area contributed by atoms with Crippen molar-refractivity contribution in [3.05, 3.63) is 54.4 Å². The molecule has 0 bridgehead atoms. The first kappa shape index (κ1) is 16.5. The quantitative estimate of drug-likeness (QED) is 0.738. The molecule has 1 fully saturated rings. The number of aryl methyl sites for hydroxylation is 1. The summed E-state index contributed by atoms with van der Waals surface area (Å²) in [6, 6.07) is 5.32. The zero-order valence-corrected chi connectivity index (χ0v) is 14.4. The second-order valence-corrected chi connectivity index (χ2v) is 6.29. The van der Waals surface area contributed by atoms with Crippen molar-refractivity contribution in [3.8, 4) is 0 Å². The predicted molar refractivity (Wildman–Crippen MR) is 96.1 cm³/mol. The van der Waals surface area contributed by atoms with Gasteiger partial charge in [-0.25, -0.2) is 15.0 Å². The van der Waals surface area contributed by atoms with E-state index in [1.165, 1.54) is 0 Å². The summed E-state index contributed by atoms with van der Waals surface area (Å²) in [6.45, 7) is 2.97. The van der Waals surface area contributed by atoms with Gasteiger partial charge in [0.25, 0.3) is 5.91 Å². The number of nitrogens with zero attached hydrogens (tertiary/aromatic N) is 4. The first-order chi connectivity index (χ1) is 12.7. The van der Waals surface area contributed by atoms with Crippen molar-refractivity contribution in [3.63, 3.8) is 0 Å². The summed E-state index contributed by atoms with van der Waals surface area (Å²) in [5.74, 6) is 1.31. The summed E-state index contributed by atoms with van der Waals surface area (Å²) < 4.78 is 7.41. The van der Waals surface area contributed by atoms with Crippen LogP contribution in [0.25, 0.3) is 5.65 Å².